The van der Waals surface area contributed by atoms with Crippen molar-refractivity contribution < 1.29 is 9.47 Å². The van der Waals surface area contributed by atoms with Gasteiger partial charge in [-0.3, -0.25) is 0 Å². The number of ether oxygens (including phenoxy) is 2. The zero-order valence-electron chi connectivity index (χ0n) is 13.4. The summed E-state index contributed by atoms with van der Waals surface area (Å²) in [4.78, 5) is 4.66. The molecule has 2 aromatic carbocycles. The van der Waals surface area contributed by atoms with E-state index in [4.69, 9.17) is 9.47 Å². The van der Waals surface area contributed by atoms with Crippen molar-refractivity contribution in [2.75, 3.05) is 13.7 Å². The third-order valence-corrected chi connectivity index (χ3v) is 3.80. The lowest BCUT2D eigenvalue weighted by Gasteiger charge is -2.09. The first-order chi connectivity index (χ1) is 11.4. The van der Waals surface area contributed by atoms with Crippen molar-refractivity contribution in [3.8, 4) is 5.75 Å². The van der Waals surface area contributed by atoms with Crippen LogP contribution in [-0.4, -0.2) is 23.3 Å². The van der Waals surface area contributed by atoms with E-state index in [0.717, 1.165) is 43.1 Å². The second-order valence-corrected chi connectivity index (χ2v) is 5.47. The highest BCUT2D eigenvalue weighted by atomic mass is 16.5. The van der Waals surface area contributed by atoms with Crippen LogP contribution in [0.2, 0.25) is 0 Å². The fourth-order valence-corrected chi connectivity index (χ4v) is 2.69. The fraction of sp³-hybridized carbons (Fsp3) is 0.316. The SMILES string of the molecule is COCc1nc2ccccc2n1CCCCOc1ccccc1. The Morgan fingerprint density at radius 1 is 0.957 bits per heavy atom. The lowest BCUT2D eigenvalue weighted by Crippen LogP contribution is -2.06. The number of unbranched alkanes of at least 4 members (excludes halogenated alkanes) is 1. The van der Waals surface area contributed by atoms with Gasteiger partial charge in [0.15, 0.2) is 0 Å². The number of aryl methyl sites for hydroxylation is 1. The predicted octanol–water partition coefficient (Wildman–Crippen LogP) is 4.04. The zero-order valence-corrected chi connectivity index (χ0v) is 13.4. The monoisotopic (exact) mass is 310 g/mol. The number of hydrogen-bond acceptors (Lipinski definition) is 3. The molecule has 0 saturated heterocycles. The molecule has 0 spiro atoms. The van der Waals surface area contributed by atoms with E-state index in [1.807, 2.05) is 42.5 Å². The van der Waals surface area contributed by atoms with Crippen LogP contribution < -0.4 is 4.74 Å². The Kier molecular flexibility index (Phi) is 5.27. The summed E-state index contributed by atoms with van der Waals surface area (Å²) in [6, 6.07) is 18.2. The second-order valence-electron chi connectivity index (χ2n) is 5.47. The van der Waals surface area contributed by atoms with E-state index in [1.54, 1.807) is 7.11 Å². The van der Waals surface area contributed by atoms with Crippen molar-refractivity contribution >= 4 is 11.0 Å². The normalized spacial score (nSPS) is 11.0. The zero-order chi connectivity index (χ0) is 15.9. The van der Waals surface area contributed by atoms with E-state index in [9.17, 15) is 0 Å². The number of fused-ring (bicyclic) bond motifs is 1. The maximum atomic E-state index is 5.74. The first kappa shape index (κ1) is 15.6. The van der Waals surface area contributed by atoms with Gasteiger partial charge in [-0.1, -0.05) is 30.3 Å². The number of nitrogens with zero attached hydrogens (tertiary/aromatic N) is 2. The molecule has 0 aliphatic rings. The molecule has 4 nitrogen and oxygen atoms in total. The minimum Gasteiger partial charge on any atom is -0.494 e. The standard InChI is InChI=1S/C19H22N2O2/c1-22-15-19-20-17-11-5-6-12-18(17)21(19)13-7-8-14-23-16-9-3-2-4-10-16/h2-6,9-12H,7-8,13-15H2,1H3. The molecule has 0 aliphatic heterocycles. The Bertz CT molecular complexity index is 737. The molecule has 1 heterocycles. The van der Waals surface area contributed by atoms with E-state index in [-0.39, 0.29) is 0 Å². The minimum atomic E-state index is 0.537. The van der Waals surface area contributed by atoms with Gasteiger partial charge in [-0.15, -0.1) is 0 Å². The van der Waals surface area contributed by atoms with Crippen molar-refractivity contribution in [3.63, 3.8) is 0 Å². The van der Waals surface area contributed by atoms with Crippen LogP contribution in [0.1, 0.15) is 18.7 Å². The van der Waals surface area contributed by atoms with Gasteiger partial charge in [0, 0.05) is 13.7 Å². The summed E-state index contributed by atoms with van der Waals surface area (Å²) in [5, 5.41) is 0. The van der Waals surface area contributed by atoms with Gasteiger partial charge in [0.2, 0.25) is 0 Å². The van der Waals surface area contributed by atoms with Gasteiger partial charge in [0.1, 0.15) is 18.2 Å². The Labute approximate surface area is 136 Å². The molecule has 0 aliphatic carbocycles. The Morgan fingerprint density at radius 2 is 1.74 bits per heavy atom. The van der Waals surface area contributed by atoms with Crippen LogP contribution in [0.15, 0.2) is 54.6 Å². The van der Waals surface area contributed by atoms with E-state index in [0.29, 0.717) is 6.61 Å². The molecule has 3 aromatic rings. The van der Waals surface area contributed by atoms with Crippen LogP contribution in [0, 0.1) is 0 Å². The van der Waals surface area contributed by atoms with Crippen molar-refractivity contribution in [2.45, 2.75) is 26.0 Å². The molecule has 120 valence electrons. The molecule has 0 radical (unpaired) electrons. The molecular formula is C19H22N2O2. The van der Waals surface area contributed by atoms with Gasteiger partial charge < -0.3 is 14.0 Å². The minimum absolute atomic E-state index is 0.537. The molecule has 23 heavy (non-hydrogen) atoms. The molecule has 0 amide bonds. The lowest BCUT2D eigenvalue weighted by molar-refractivity contribution is 0.174. The molecule has 0 bridgehead atoms. The molecule has 0 atom stereocenters. The van der Waals surface area contributed by atoms with Crippen molar-refractivity contribution in [1.29, 1.82) is 0 Å². The highest BCUT2D eigenvalue weighted by Crippen LogP contribution is 2.17. The smallest absolute Gasteiger partial charge is 0.135 e. The van der Waals surface area contributed by atoms with Gasteiger partial charge >= 0.3 is 0 Å². The maximum Gasteiger partial charge on any atom is 0.135 e. The van der Waals surface area contributed by atoms with Crippen LogP contribution in [0.4, 0.5) is 0 Å². The summed E-state index contributed by atoms with van der Waals surface area (Å²) in [5.41, 5.74) is 2.20. The molecule has 1 aromatic heterocycles. The molecular weight excluding hydrogens is 288 g/mol. The summed E-state index contributed by atoms with van der Waals surface area (Å²) in [7, 11) is 1.71. The first-order valence-electron chi connectivity index (χ1n) is 7.99. The second kappa shape index (κ2) is 7.79. The predicted molar refractivity (Wildman–Crippen MR) is 91.6 cm³/mol. The largest absolute Gasteiger partial charge is 0.494 e. The number of para-hydroxylation sites is 3. The summed E-state index contributed by atoms with van der Waals surface area (Å²) < 4.78 is 13.3. The molecule has 0 fully saturated rings. The summed E-state index contributed by atoms with van der Waals surface area (Å²) in [6.45, 7) is 2.20. The molecule has 0 unspecified atom stereocenters. The first-order valence-corrected chi connectivity index (χ1v) is 7.99. The molecule has 3 rings (SSSR count). The Hall–Kier alpha value is -2.33. The highest BCUT2D eigenvalue weighted by molar-refractivity contribution is 5.75. The van der Waals surface area contributed by atoms with Crippen LogP contribution in [0.25, 0.3) is 11.0 Å². The number of hydrogen-bond donors (Lipinski definition) is 0. The van der Waals surface area contributed by atoms with E-state index < -0.39 is 0 Å². The van der Waals surface area contributed by atoms with Crippen molar-refractivity contribution in [2.24, 2.45) is 0 Å². The van der Waals surface area contributed by atoms with Crippen LogP contribution in [0.5, 0.6) is 5.75 Å². The van der Waals surface area contributed by atoms with Crippen molar-refractivity contribution in [3.05, 3.63) is 60.4 Å². The van der Waals surface area contributed by atoms with Crippen LogP contribution >= 0.6 is 0 Å². The van der Waals surface area contributed by atoms with Gasteiger partial charge in [-0.2, -0.15) is 0 Å². The van der Waals surface area contributed by atoms with E-state index in [1.165, 1.54) is 5.52 Å². The quantitative estimate of drug-likeness (QED) is 0.589. The van der Waals surface area contributed by atoms with Gasteiger partial charge in [0.25, 0.3) is 0 Å². The average molecular weight is 310 g/mol. The Balaban J connectivity index is 1.57. The average Bonchev–Trinajstić information content (AvgIpc) is 2.93. The molecule has 0 saturated carbocycles. The third-order valence-electron chi connectivity index (χ3n) is 3.80. The topological polar surface area (TPSA) is 36.3 Å². The van der Waals surface area contributed by atoms with E-state index in [2.05, 4.69) is 21.7 Å². The molecule has 0 N–H and O–H groups in total. The number of aromatic nitrogens is 2. The van der Waals surface area contributed by atoms with Crippen LogP contribution in [-0.2, 0) is 17.9 Å². The summed E-state index contributed by atoms with van der Waals surface area (Å²) >= 11 is 0. The maximum absolute atomic E-state index is 5.74. The van der Waals surface area contributed by atoms with Crippen LogP contribution in [0.3, 0.4) is 0 Å². The molecule has 4 heteroatoms. The number of methoxy groups -OCH3 is 1. The van der Waals surface area contributed by atoms with Gasteiger partial charge in [-0.05, 0) is 37.1 Å². The summed E-state index contributed by atoms with van der Waals surface area (Å²) in [6.07, 6.45) is 2.05. The third kappa shape index (κ3) is 3.90. The fourth-order valence-electron chi connectivity index (χ4n) is 2.69. The van der Waals surface area contributed by atoms with Crippen molar-refractivity contribution in [1.82, 2.24) is 9.55 Å². The number of rotatable bonds is 8. The lowest BCUT2D eigenvalue weighted by atomic mass is 10.3. The Morgan fingerprint density at radius 3 is 2.57 bits per heavy atom. The van der Waals surface area contributed by atoms with Gasteiger partial charge in [-0.25, -0.2) is 4.98 Å². The number of benzene rings is 2. The number of imidazole rings is 1. The highest BCUT2D eigenvalue weighted by Gasteiger charge is 2.09. The summed E-state index contributed by atoms with van der Waals surface area (Å²) in [5.74, 6) is 1.92. The van der Waals surface area contributed by atoms with E-state index >= 15 is 0 Å². The van der Waals surface area contributed by atoms with Gasteiger partial charge in [0.05, 0.1) is 17.6 Å².